The molecule has 0 aliphatic heterocycles. The molecular weight excluding hydrogens is 270 g/mol. The van der Waals surface area contributed by atoms with Crippen LogP contribution in [0.4, 0.5) is 0 Å². The monoisotopic (exact) mass is 287 g/mol. The van der Waals surface area contributed by atoms with E-state index < -0.39 is 0 Å². The number of nitrogens with one attached hydrogen (secondary N) is 1. The fourth-order valence-electron chi connectivity index (χ4n) is 1.97. The Kier molecular flexibility index (Phi) is 4.29. The SMILES string of the molecule is CC(C)C(NC(=O)c1ccc2ccccc2n1)C(N)=S. The maximum atomic E-state index is 12.2. The number of pyridine rings is 1. The minimum Gasteiger partial charge on any atom is -0.392 e. The number of nitrogens with two attached hydrogens (primary N) is 1. The van der Waals surface area contributed by atoms with Crippen molar-refractivity contribution >= 4 is 34.0 Å². The Morgan fingerprint density at radius 1 is 1.25 bits per heavy atom. The lowest BCUT2D eigenvalue weighted by atomic mass is 10.0. The molecule has 5 heteroatoms. The lowest BCUT2D eigenvalue weighted by molar-refractivity contribution is 0.0935. The molecule has 2 aromatic rings. The first kappa shape index (κ1) is 14.4. The normalized spacial score (nSPS) is 12.3. The molecule has 0 fully saturated rings. The van der Waals surface area contributed by atoms with Crippen molar-refractivity contribution in [3.8, 4) is 0 Å². The first-order valence-corrected chi connectivity index (χ1v) is 6.86. The van der Waals surface area contributed by atoms with Gasteiger partial charge >= 0.3 is 0 Å². The second-order valence-electron chi connectivity index (χ2n) is 4.99. The predicted octanol–water partition coefficient (Wildman–Crippen LogP) is 2.28. The summed E-state index contributed by atoms with van der Waals surface area (Å²) >= 11 is 4.98. The Morgan fingerprint density at radius 2 is 1.95 bits per heavy atom. The van der Waals surface area contributed by atoms with Gasteiger partial charge in [-0.1, -0.05) is 50.3 Å². The third kappa shape index (κ3) is 3.11. The van der Waals surface area contributed by atoms with Gasteiger partial charge in [-0.15, -0.1) is 0 Å². The van der Waals surface area contributed by atoms with Crippen LogP contribution in [0.3, 0.4) is 0 Å². The van der Waals surface area contributed by atoms with Gasteiger partial charge in [0.05, 0.1) is 16.5 Å². The molecule has 1 heterocycles. The van der Waals surface area contributed by atoms with Crippen LogP contribution in [0.15, 0.2) is 36.4 Å². The quantitative estimate of drug-likeness (QED) is 0.847. The van der Waals surface area contributed by atoms with E-state index in [9.17, 15) is 4.79 Å². The molecule has 1 aromatic heterocycles. The molecule has 1 aromatic carbocycles. The van der Waals surface area contributed by atoms with Gasteiger partial charge in [-0.2, -0.15) is 0 Å². The predicted molar refractivity (Wildman–Crippen MR) is 84.6 cm³/mol. The lowest BCUT2D eigenvalue weighted by Crippen LogP contribution is -2.47. The highest BCUT2D eigenvalue weighted by Crippen LogP contribution is 2.12. The van der Waals surface area contributed by atoms with Gasteiger partial charge in [0, 0.05) is 5.39 Å². The van der Waals surface area contributed by atoms with Crippen molar-refractivity contribution in [2.75, 3.05) is 0 Å². The molecule has 0 spiro atoms. The maximum Gasteiger partial charge on any atom is 0.270 e. The third-order valence-electron chi connectivity index (χ3n) is 3.09. The summed E-state index contributed by atoms with van der Waals surface area (Å²) in [5.41, 5.74) is 6.81. The van der Waals surface area contributed by atoms with E-state index in [0.717, 1.165) is 10.9 Å². The Labute approximate surface area is 123 Å². The van der Waals surface area contributed by atoms with E-state index in [0.29, 0.717) is 5.69 Å². The Hall–Kier alpha value is -2.01. The number of nitrogens with zero attached hydrogens (tertiary/aromatic N) is 1. The zero-order valence-electron chi connectivity index (χ0n) is 11.5. The molecule has 2 rings (SSSR count). The highest BCUT2D eigenvalue weighted by molar-refractivity contribution is 7.80. The van der Waals surface area contributed by atoms with E-state index in [2.05, 4.69) is 10.3 Å². The summed E-state index contributed by atoms with van der Waals surface area (Å²) in [5.74, 6) is -0.126. The van der Waals surface area contributed by atoms with Gasteiger partial charge in [-0.3, -0.25) is 4.79 Å². The number of hydrogen-bond donors (Lipinski definition) is 2. The van der Waals surface area contributed by atoms with Crippen LogP contribution in [0.5, 0.6) is 0 Å². The lowest BCUT2D eigenvalue weighted by Gasteiger charge is -2.20. The summed E-state index contributed by atoms with van der Waals surface area (Å²) in [6, 6.07) is 10.9. The van der Waals surface area contributed by atoms with Gasteiger partial charge in [-0.25, -0.2) is 4.98 Å². The largest absolute Gasteiger partial charge is 0.392 e. The van der Waals surface area contributed by atoms with E-state index in [1.165, 1.54) is 0 Å². The van der Waals surface area contributed by atoms with E-state index in [1.54, 1.807) is 6.07 Å². The fourth-order valence-corrected chi connectivity index (χ4v) is 2.31. The number of benzene rings is 1. The molecular formula is C15H17N3OS. The van der Waals surface area contributed by atoms with E-state index >= 15 is 0 Å². The molecule has 4 nitrogen and oxygen atoms in total. The molecule has 0 radical (unpaired) electrons. The summed E-state index contributed by atoms with van der Waals surface area (Å²) in [4.78, 5) is 16.9. The van der Waals surface area contributed by atoms with E-state index in [4.69, 9.17) is 18.0 Å². The number of thiocarbonyl (C=S) groups is 1. The van der Waals surface area contributed by atoms with E-state index in [1.807, 2.05) is 44.2 Å². The molecule has 0 aliphatic carbocycles. The van der Waals surface area contributed by atoms with Crippen molar-refractivity contribution in [3.05, 3.63) is 42.1 Å². The van der Waals surface area contributed by atoms with Gasteiger partial charge < -0.3 is 11.1 Å². The number of hydrogen-bond acceptors (Lipinski definition) is 3. The van der Waals surface area contributed by atoms with Crippen LogP contribution in [-0.4, -0.2) is 21.9 Å². The number of fused-ring (bicyclic) bond motifs is 1. The number of rotatable bonds is 4. The topological polar surface area (TPSA) is 68.0 Å². The van der Waals surface area contributed by atoms with Crippen LogP contribution in [0, 0.1) is 5.92 Å². The third-order valence-corrected chi connectivity index (χ3v) is 3.34. The van der Waals surface area contributed by atoms with Crippen LogP contribution < -0.4 is 11.1 Å². The van der Waals surface area contributed by atoms with Crippen molar-refractivity contribution in [1.29, 1.82) is 0 Å². The molecule has 1 unspecified atom stereocenters. The Bertz CT molecular complexity index is 654. The molecule has 0 saturated heterocycles. The first-order valence-electron chi connectivity index (χ1n) is 6.45. The number of carbonyl (C=O) groups is 1. The minimum atomic E-state index is -0.328. The molecule has 20 heavy (non-hydrogen) atoms. The highest BCUT2D eigenvalue weighted by atomic mass is 32.1. The number of aromatic nitrogens is 1. The fraction of sp³-hybridized carbons (Fsp3) is 0.267. The number of amides is 1. The molecule has 1 amide bonds. The van der Waals surface area contributed by atoms with Gasteiger partial charge in [0.1, 0.15) is 5.69 Å². The van der Waals surface area contributed by atoms with Crippen LogP contribution in [0.1, 0.15) is 24.3 Å². The average Bonchev–Trinajstić information content (AvgIpc) is 2.43. The second-order valence-corrected chi connectivity index (χ2v) is 5.46. The van der Waals surface area contributed by atoms with Crippen molar-refractivity contribution < 1.29 is 4.79 Å². The average molecular weight is 287 g/mol. The van der Waals surface area contributed by atoms with Crippen molar-refractivity contribution in [3.63, 3.8) is 0 Å². The van der Waals surface area contributed by atoms with Gasteiger partial charge in [0.2, 0.25) is 0 Å². The van der Waals surface area contributed by atoms with Crippen molar-refractivity contribution in [2.24, 2.45) is 11.7 Å². The summed E-state index contributed by atoms with van der Waals surface area (Å²) in [6.45, 7) is 3.91. The standard InChI is InChI=1S/C15H17N3OS/c1-9(2)13(14(16)20)18-15(19)12-8-7-10-5-3-4-6-11(10)17-12/h3-9,13H,1-2H3,(H2,16,20)(H,18,19). The highest BCUT2D eigenvalue weighted by Gasteiger charge is 2.20. The summed E-state index contributed by atoms with van der Waals surface area (Å²) in [5, 5.41) is 3.83. The second kappa shape index (κ2) is 5.96. The first-order chi connectivity index (χ1) is 9.49. The van der Waals surface area contributed by atoms with Crippen LogP contribution in [0.2, 0.25) is 0 Å². The van der Waals surface area contributed by atoms with Gasteiger partial charge in [-0.05, 0) is 18.1 Å². The molecule has 3 N–H and O–H groups in total. The minimum absolute atomic E-state index is 0.136. The number of para-hydroxylation sites is 1. The summed E-state index contributed by atoms with van der Waals surface area (Å²) in [6.07, 6.45) is 0. The van der Waals surface area contributed by atoms with Gasteiger partial charge in [0.25, 0.3) is 5.91 Å². The Morgan fingerprint density at radius 3 is 2.60 bits per heavy atom. The Balaban J connectivity index is 2.24. The molecule has 0 aliphatic rings. The molecule has 1 atom stereocenters. The molecule has 0 bridgehead atoms. The maximum absolute atomic E-state index is 12.2. The van der Waals surface area contributed by atoms with Crippen molar-refractivity contribution in [2.45, 2.75) is 19.9 Å². The zero-order chi connectivity index (χ0) is 14.7. The zero-order valence-corrected chi connectivity index (χ0v) is 12.3. The summed E-state index contributed by atoms with van der Waals surface area (Å²) < 4.78 is 0. The van der Waals surface area contributed by atoms with Crippen LogP contribution in [0.25, 0.3) is 10.9 Å². The van der Waals surface area contributed by atoms with Crippen molar-refractivity contribution in [1.82, 2.24) is 10.3 Å². The van der Waals surface area contributed by atoms with Crippen LogP contribution in [-0.2, 0) is 0 Å². The molecule has 0 saturated carbocycles. The number of carbonyl (C=O) groups excluding carboxylic acids is 1. The van der Waals surface area contributed by atoms with Gasteiger partial charge in [0.15, 0.2) is 0 Å². The smallest absolute Gasteiger partial charge is 0.270 e. The summed E-state index contributed by atoms with van der Waals surface area (Å²) in [7, 11) is 0. The molecule has 104 valence electrons. The van der Waals surface area contributed by atoms with Crippen LogP contribution >= 0.6 is 12.2 Å². The van der Waals surface area contributed by atoms with E-state index in [-0.39, 0.29) is 22.9 Å².